The fourth-order valence-corrected chi connectivity index (χ4v) is 0.741. The number of unbranched alkanes of at least 4 members (excludes halogenated alkanes) is 1. The molecule has 1 amide bonds. The third-order valence-corrected chi connectivity index (χ3v) is 1.51. The number of ether oxygens (including phenoxy) is 2. The lowest BCUT2D eigenvalue weighted by Crippen LogP contribution is -2.14. The van der Waals surface area contributed by atoms with E-state index in [4.69, 9.17) is 15.2 Å². The van der Waals surface area contributed by atoms with Crippen molar-refractivity contribution in [2.75, 3.05) is 26.4 Å². The third kappa shape index (κ3) is 11.4. The second-order valence-electron chi connectivity index (χ2n) is 2.79. The molecule has 0 fully saturated rings. The van der Waals surface area contributed by atoms with E-state index in [0.29, 0.717) is 19.8 Å². The van der Waals surface area contributed by atoms with E-state index in [0.717, 1.165) is 19.4 Å². The van der Waals surface area contributed by atoms with Gasteiger partial charge in [0.05, 0.1) is 19.8 Å². The smallest absolute Gasteiger partial charge is 0.219 e. The van der Waals surface area contributed by atoms with Crippen molar-refractivity contribution in [3.8, 4) is 0 Å². The van der Waals surface area contributed by atoms with Crippen molar-refractivity contribution >= 4 is 5.91 Å². The lowest BCUT2D eigenvalue weighted by molar-refractivity contribution is -0.119. The molecule has 2 N–H and O–H groups in total. The average Bonchev–Trinajstić information content (AvgIpc) is 2.09. The summed E-state index contributed by atoms with van der Waals surface area (Å²) in [7, 11) is 0. The van der Waals surface area contributed by atoms with Crippen LogP contribution in [0.5, 0.6) is 0 Å². The van der Waals surface area contributed by atoms with E-state index in [2.05, 4.69) is 6.92 Å². The van der Waals surface area contributed by atoms with Gasteiger partial charge in [-0.3, -0.25) is 4.79 Å². The van der Waals surface area contributed by atoms with Gasteiger partial charge in [0.15, 0.2) is 0 Å². The third-order valence-electron chi connectivity index (χ3n) is 1.51. The van der Waals surface area contributed by atoms with Gasteiger partial charge in [0, 0.05) is 13.0 Å². The maximum atomic E-state index is 10.3. The Kier molecular flexibility index (Phi) is 9.03. The Balaban J connectivity index is 2.87. The van der Waals surface area contributed by atoms with Crippen LogP contribution in [-0.2, 0) is 14.3 Å². The molecular formula is C9H19NO3. The van der Waals surface area contributed by atoms with Gasteiger partial charge in [0.25, 0.3) is 0 Å². The zero-order valence-electron chi connectivity index (χ0n) is 8.25. The second kappa shape index (κ2) is 9.48. The van der Waals surface area contributed by atoms with Gasteiger partial charge in [0.1, 0.15) is 0 Å². The number of amides is 1. The van der Waals surface area contributed by atoms with Crippen molar-refractivity contribution in [1.29, 1.82) is 0 Å². The van der Waals surface area contributed by atoms with E-state index in [1.807, 2.05) is 0 Å². The van der Waals surface area contributed by atoms with Crippen LogP contribution in [0.3, 0.4) is 0 Å². The molecule has 13 heavy (non-hydrogen) atoms. The van der Waals surface area contributed by atoms with Crippen LogP contribution in [0.2, 0.25) is 0 Å². The van der Waals surface area contributed by atoms with E-state index < -0.39 is 0 Å². The highest BCUT2D eigenvalue weighted by Gasteiger charge is 1.93. The highest BCUT2D eigenvalue weighted by atomic mass is 16.5. The maximum Gasteiger partial charge on any atom is 0.219 e. The molecule has 0 aliphatic carbocycles. The summed E-state index contributed by atoms with van der Waals surface area (Å²) in [6.45, 7) is 4.44. The SMILES string of the molecule is CCCCOCCOCCC(N)=O. The average molecular weight is 189 g/mol. The number of hydrogen-bond acceptors (Lipinski definition) is 3. The van der Waals surface area contributed by atoms with Gasteiger partial charge in [-0.2, -0.15) is 0 Å². The van der Waals surface area contributed by atoms with Crippen molar-refractivity contribution in [3.05, 3.63) is 0 Å². The summed E-state index contributed by atoms with van der Waals surface area (Å²) in [5, 5.41) is 0. The highest BCUT2D eigenvalue weighted by Crippen LogP contribution is 1.88. The summed E-state index contributed by atoms with van der Waals surface area (Å²) >= 11 is 0. The zero-order chi connectivity index (χ0) is 9.94. The Bertz CT molecular complexity index is 128. The van der Waals surface area contributed by atoms with Gasteiger partial charge >= 0.3 is 0 Å². The maximum absolute atomic E-state index is 10.3. The van der Waals surface area contributed by atoms with Gasteiger partial charge in [-0.25, -0.2) is 0 Å². The van der Waals surface area contributed by atoms with Crippen LogP contribution in [0.4, 0.5) is 0 Å². The van der Waals surface area contributed by atoms with Gasteiger partial charge in [-0.1, -0.05) is 13.3 Å². The van der Waals surface area contributed by atoms with Gasteiger partial charge in [0.2, 0.25) is 5.91 Å². The van der Waals surface area contributed by atoms with Gasteiger partial charge in [-0.05, 0) is 6.42 Å². The second-order valence-corrected chi connectivity index (χ2v) is 2.79. The van der Waals surface area contributed by atoms with Gasteiger partial charge < -0.3 is 15.2 Å². The van der Waals surface area contributed by atoms with Crippen molar-refractivity contribution in [2.24, 2.45) is 5.73 Å². The Morgan fingerprint density at radius 3 is 2.31 bits per heavy atom. The van der Waals surface area contributed by atoms with E-state index in [1.54, 1.807) is 0 Å². The Morgan fingerprint density at radius 2 is 1.77 bits per heavy atom. The minimum Gasteiger partial charge on any atom is -0.379 e. The van der Waals surface area contributed by atoms with Crippen LogP contribution in [0.1, 0.15) is 26.2 Å². The number of carbonyl (C=O) groups is 1. The molecule has 0 aliphatic heterocycles. The summed E-state index contributed by atoms with van der Waals surface area (Å²) in [6.07, 6.45) is 2.51. The van der Waals surface area contributed by atoms with E-state index in [1.165, 1.54) is 0 Å². The number of carbonyl (C=O) groups excluding carboxylic acids is 1. The van der Waals surface area contributed by atoms with Crippen LogP contribution in [0, 0.1) is 0 Å². The lowest BCUT2D eigenvalue weighted by atomic mass is 10.4. The quantitative estimate of drug-likeness (QED) is 0.543. The molecule has 0 atom stereocenters. The highest BCUT2D eigenvalue weighted by molar-refractivity contribution is 5.73. The van der Waals surface area contributed by atoms with Crippen molar-refractivity contribution in [3.63, 3.8) is 0 Å². The molecule has 0 aliphatic rings. The molecule has 4 nitrogen and oxygen atoms in total. The first kappa shape index (κ1) is 12.4. The first-order chi connectivity index (χ1) is 6.27. The molecule has 0 unspecified atom stereocenters. The molecule has 0 aromatic heterocycles. The first-order valence-corrected chi connectivity index (χ1v) is 4.71. The largest absolute Gasteiger partial charge is 0.379 e. The number of primary amides is 1. The summed E-state index contributed by atoms with van der Waals surface area (Å²) in [4.78, 5) is 10.3. The standard InChI is InChI=1S/C9H19NO3/c1-2-3-5-12-7-8-13-6-4-9(10)11/h2-8H2,1H3,(H2,10,11). The summed E-state index contributed by atoms with van der Waals surface area (Å²) in [5.74, 6) is -0.327. The molecule has 0 bridgehead atoms. The van der Waals surface area contributed by atoms with E-state index in [-0.39, 0.29) is 12.3 Å². The molecule has 0 saturated heterocycles. The predicted molar refractivity (Wildman–Crippen MR) is 50.4 cm³/mol. The van der Waals surface area contributed by atoms with Crippen LogP contribution >= 0.6 is 0 Å². The number of hydrogen-bond donors (Lipinski definition) is 1. The fraction of sp³-hybridized carbons (Fsp3) is 0.889. The Morgan fingerprint density at radius 1 is 1.15 bits per heavy atom. The molecule has 4 heteroatoms. The van der Waals surface area contributed by atoms with Crippen molar-refractivity contribution < 1.29 is 14.3 Å². The number of rotatable bonds is 9. The summed E-state index contributed by atoms with van der Waals surface area (Å²) in [5.41, 5.74) is 4.92. The molecule has 0 radical (unpaired) electrons. The predicted octanol–water partition coefficient (Wildman–Crippen LogP) is 0.695. The number of nitrogens with two attached hydrogens (primary N) is 1. The molecule has 0 saturated carbocycles. The van der Waals surface area contributed by atoms with Crippen molar-refractivity contribution in [2.45, 2.75) is 26.2 Å². The normalized spacial score (nSPS) is 10.2. The molecular weight excluding hydrogens is 170 g/mol. The Hall–Kier alpha value is -0.610. The fourth-order valence-electron chi connectivity index (χ4n) is 0.741. The van der Waals surface area contributed by atoms with Crippen molar-refractivity contribution in [1.82, 2.24) is 0 Å². The van der Waals surface area contributed by atoms with Gasteiger partial charge in [-0.15, -0.1) is 0 Å². The molecule has 78 valence electrons. The van der Waals surface area contributed by atoms with Crippen LogP contribution < -0.4 is 5.73 Å². The molecule has 0 rings (SSSR count). The minimum absolute atomic E-state index is 0.287. The van der Waals surface area contributed by atoms with E-state index >= 15 is 0 Å². The molecule has 0 spiro atoms. The minimum atomic E-state index is -0.327. The van der Waals surface area contributed by atoms with E-state index in [9.17, 15) is 4.79 Å². The zero-order valence-corrected chi connectivity index (χ0v) is 8.25. The van der Waals surface area contributed by atoms with Crippen LogP contribution in [-0.4, -0.2) is 32.3 Å². The summed E-state index contributed by atoms with van der Waals surface area (Å²) < 4.78 is 10.3. The monoisotopic (exact) mass is 189 g/mol. The topological polar surface area (TPSA) is 61.6 Å². The van der Waals surface area contributed by atoms with Crippen LogP contribution in [0.25, 0.3) is 0 Å². The van der Waals surface area contributed by atoms with Crippen LogP contribution in [0.15, 0.2) is 0 Å². The first-order valence-electron chi connectivity index (χ1n) is 4.71. The lowest BCUT2D eigenvalue weighted by Gasteiger charge is -2.03. The molecule has 0 heterocycles. The Labute approximate surface area is 79.4 Å². The molecule has 0 aromatic carbocycles. The summed E-state index contributed by atoms with van der Waals surface area (Å²) in [6, 6.07) is 0. The molecule has 0 aromatic rings.